The van der Waals surface area contributed by atoms with Crippen LogP contribution in [0.4, 0.5) is 0 Å². The quantitative estimate of drug-likeness (QED) is 0.579. The van der Waals surface area contributed by atoms with Gasteiger partial charge in [-0.05, 0) is 31.6 Å². The Kier molecular flexibility index (Phi) is 7.28. The largest absolute Gasteiger partial charge is 0.301 e. The average Bonchev–Trinajstić information content (AvgIpc) is 2.66. The normalized spacial score (nSPS) is 18.4. The van der Waals surface area contributed by atoms with Crippen molar-refractivity contribution in [2.45, 2.75) is 11.3 Å². The zero-order chi connectivity index (χ0) is 13.3. The second kappa shape index (κ2) is 9.01. The van der Waals surface area contributed by atoms with Crippen LogP contribution in [0.15, 0.2) is 35.2 Å². The van der Waals surface area contributed by atoms with Crippen molar-refractivity contribution in [1.29, 1.82) is 0 Å². The number of thioether (sulfide) groups is 1. The van der Waals surface area contributed by atoms with Gasteiger partial charge in [-0.25, -0.2) is 0 Å². The first kappa shape index (κ1) is 15.4. The van der Waals surface area contributed by atoms with Crippen molar-refractivity contribution < 1.29 is 0 Å². The van der Waals surface area contributed by atoms with Crippen LogP contribution in [-0.2, 0) is 0 Å². The molecular formula is C15H23BrN2S. The van der Waals surface area contributed by atoms with Crippen LogP contribution in [0.2, 0.25) is 0 Å². The first-order valence-corrected chi connectivity index (χ1v) is 9.18. The molecule has 106 valence electrons. The van der Waals surface area contributed by atoms with Crippen LogP contribution in [0.5, 0.6) is 0 Å². The molecule has 2 nitrogen and oxygen atoms in total. The lowest BCUT2D eigenvalue weighted by Gasteiger charge is -2.21. The molecule has 0 bridgehead atoms. The van der Waals surface area contributed by atoms with Crippen molar-refractivity contribution in [3.05, 3.63) is 30.3 Å². The lowest BCUT2D eigenvalue weighted by atomic mass is 10.4. The van der Waals surface area contributed by atoms with E-state index in [0.29, 0.717) is 0 Å². The summed E-state index contributed by atoms with van der Waals surface area (Å²) < 4.78 is 0. The summed E-state index contributed by atoms with van der Waals surface area (Å²) in [6.45, 7) is 7.36. The Morgan fingerprint density at radius 3 is 2.32 bits per heavy atom. The fraction of sp³-hybridized carbons (Fsp3) is 0.600. The molecule has 4 heteroatoms. The van der Waals surface area contributed by atoms with E-state index in [-0.39, 0.29) is 0 Å². The topological polar surface area (TPSA) is 6.48 Å². The zero-order valence-corrected chi connectivity index (χ0v) is 13.8. The summed E-state index contributed by atoms with van der Waals surface area (Å²) in [5.41, 5.74) is 0. The van der Waals surface area contributed by atoms with E-state index in [2.05, 4.69) is 56.1 Å². The molecule has 0 unspecified atom stereocenters. The third-order valence-electron chi connectivity index (χ3n) is 3.50. The lowest BCUT2D eigenvalue weighted by Crippen LogP contribution is -2.32. The lowest BCUT2D eigenvalue weighted by molar-refractivity contribution is 0.274. The Labute approximate surface area is 129 Å². The maximum Gasteiger partial charge on any atom is 0.0159 e. The van der Waals surface area contributed by atoms with Crippen molar-refractivity contribution >= 4 is 27.7 Å². The molecule has 0 amide bonds. The predicted octanol–water partition coefficient (Wildman–Crippen LogP) is 3.18. The Balaban J connectivity index is 1.66. The molecule has 0 N–H and O–H groups in total. The van der Waals surface area contributed by atoms with Crippen LogP contribution in [0, 0.1) is 0 Å². The smallest absolute Gasteiger partial charge is 0.0159 e. The van der Waals surface area contributed by atoms with Gasteiger partial charge in [0.05, 0.1) is 0 Å². The molecule has 1 heterocycles. The van der Waals surface area contributed by atoms with Crippen LogP contribution in [0.1, 0.15) is 6.42 Å². The molecule has 2 rings (SSSR count). The van der Waals surface area contributed by atoms with Crippen molar-refractivity contribution in [3.8, 4) is 0 Å². The molecule has 1 aliphatic heterocycles. The van der Waals surface area contributed by atoms with E-state index in [1.54, 1.807) is 0 Å². The molecular weight excluding hydrogens is 320 g/mol. The molecule has 1 aliphatic rings. The van der Waals surface area contributed by atoms with E-state index < -0.39 is 0 Å². The number of hydrogen-bond donors (Lipinski definition) is 0. The van der Waals surface area contributed by atoms with Crippen LogP contribution in [-0.4, -0.2) is 60.2 Å². The minimum absolute atomic E-state index is 1.09. The van der Waals surface area contributed by atoms with Gasteiger partial charge in [0.25, 0.3) is 0 Å². The first-order valence-electron chi connectivity index (χ1n) is 7.07. The molecule has 1 aromatic rings. The predicted molar refractivity (Wildman–Crippen MR) is 88.5 cm³/mol. The van der Waals surface area contributed by atoms with Crippen molar-refractivity contribution in [3.63, 3.8) is 0 Å². The molecule has 1 saturated heterocycles. The second-order valence-corrected chi connectivity index (χ2v) is 6.85. The van der Waals surface area contributed by atoms with Crippen molar-refractivity contribution in [1.82, 2.24) is 9.80 Å². The zero-order valence-electron chi connectivity index (χ0n) is 11.4. The summed E-state index contributed by atoms with van der Waals surface area (Å²) in [4.78, 5) is 6.57. The monoisotopic (exact) mass is 342 g/mol. The molecule has 0 saturated carbocycles. The minimum atomic E-state index is 1.09. The van der Waals surface area contributed by atoms with Gasteiger partial charge < -0.3 is 9.80 Å². The minimum Gasteiger partial charge on any atom is -0.301 e. The standard InChI is InChI=1S/C15H23BrN2S/c16-7-10-17-8-4-9-18(12-11-17)13-14-19-15-5-2-1-3-6-15/h1-3,5-6H,4,7-14H2. The van der Waals surface area contributed by atoms with E-state index in [1.807, 2.05) is 11.8 Å². The van der Waals surface area contributed by atoms with E-state index >= 15 is 0 Å². The third kappa shape index (κ3) is 5.86. The maximum absolute atomic E-state index is 3.53. The van der Waals surface area contributed by atoms with Gasteiger partial charge in [-0.1, -0.05) is 34.1 Å². The molecule has 0 radical (unpaired) electrons. The Morgan fingerprint density at radius 2 is 1.63 bits per heavy atom. The maximum atomic E-state index is 3.53. The SMILES string of the molecule is BrCCN1CCCN(CCSc2ccccc2)CC1. The van der Waals surface area contributed by atoms with Crippen LogP contribution < -0.4 is 0 Å². The number of alkyl halides is 1. The number of rotatable bonds is 6. The van der Waals surface area contributed by atoms with E-state index in [1.165, 1.54) is 56.3 Å². The molecule has 0 spiro atoms. The molecule has 19 heavy (non-hydrogen) atoms. The van der Waals surface area contributed by atoms with Crippen molar-refractivity contribution in [2.75, 3.05) is 50.4 Å². The molecule has 0 aromatic heterocycles. The van der Waals surface area contributed by atoms with E-state index in [4.69, 9.17) is 0 Å². The first-order chi connectivity index (χ1) is 9.38. The summed E-state index contributed by atoms with van der Waals surface area (Å²) >= 11 is 5.50. The van der Waals surface area contributed by atoms with Gasteiger partial charge in [0.2, 0.25) is 0 Å². The molecule has 0 aliphatic carbocycles. The summed E-state index contributed by atoms with van der Waals surface area (Å²) in [6, 6.07) is 10.7. The van der Waals surface area contributed by atoms with Gasteiger partial charge in [-0.15, -0.1) is 11.8 Å². The highest BCUT2D eigenvalue weighted by Gasteiger charge is 2.13. The number of nitrogens with zero attached hydrogens (tertiary/aromatic N) is 2. The fourth-order valence-corrected chi connectivity index (χ4v) is 3.84. The van der Waals surface area contributed by atoms with Gasteiger partial charge in [0.1, 0.15) is 0 Å². The second-order valence-electron chi connectivity index (χ2n) is 4.89. The van der Waals surface area contributed by atoms with E-state index in [0.717, 1.165) is 5.33 Å². The summed E-state index contributed by atoms with van der Waals surface area (Å²) in [5.74, 6) is 1.20. The number of halogens is 1. The highest BCUT2D eigenvalue weighted by molar-refractivity contribution is 9.09. The average molecular weight is 343 g/mol. The molecule has 1 fully saturated rings. The Bertz CT molecular complexity index is 347. The van der Waals surface area contributed by atoms with Crippen LogP contribution >= 0.6 is 27.7 Å². The summed E-state index contributed by atoms with van der Waals surface area (Å²) in [5, 5.41) is 1.09. The number of hydrogen-bond acceptors (Lipinski definition) is 3. The molecule has 0 atom stereocenters. The van der Waals surface area contributed by atoms with Crippen LogP contribution in [0.25, 0.3) is 0 Å². The Hall–Kier alpha value is -0.0300. The number of benzene rings is 1. The molecule has 1 aromatic carbocycles. The van der Waals surface area contributed by atoms with Gasteiger partial charge in [0, 0.05) is 42.2 Å². The van der Waals surface area contributed by atoms with Crippen molar-refractivity contribution in [2.24, 2.45) is 0 Å². The Morgan fingerprint density at radius 1 is 0.947 bits per heavy atom. The van der Waals surface area contributed by atoms with E-state index in [9.17, 15) is 0 Å². The van der Waals surface area contributed by atoms with Gasteiger partial charge in [-0.3, -0.25) is 0 Å². The van der Waals surface area contributed by atoms with Gasteiger partial charge >= 0.3 is 0 Å². The highest BCUT2D eigenvalue weighted by atomic mass is 79.9. The highest BCUT2D eigenvalue weighted by Crippen LogP contribution is 2.17. The summed E-state index contributed by atoms with van der Waals surface area (Å²) in [7, 11) is 0. The van der Waals surface area contributed by atoms with Gasteiger partial charge in [0.15, 0.2) is 0 Å². The van der Waals surface area contributed by atoms with Crippen LogP contribution in [0.3, 0.4) is 0 Å². The third-order valence-corrected chi connectivity index (χ3v) is 4.85. The van der Waals surface area contributed by atoms with Gasteiger partial charge in [-0.2, -0.15) is 0 Å². The summed E-state index contributed by atoms with van der Waals surface area (Å²) in [6.07, 6.45) is 1.31. The fourth-order valence-electron chi connectivity index (χ4n) is 2.40.